The average molecular weight is 223 g/mol. The molecular formula is C13H21NO2. The lowest BCUT2D eigenvalue weighted by Gasteiger charge is -2.08. The maximum Gasteiger partial charge on any atom is 0.121 e. The molecule has 1 unspecified atom stereocenters. The first-order valence-electron chi connectivity index (χ1n) is 5.88. The van der Waals surface area contributed by atoms with Crippen LogP contribution in [0.2, 0.25) is 0 Å². The summed E-state index contributed by atoms with van der Waals surface area (Å²) in [6, 6.07) is 6.76. The molecule has 3 heteroatoms. The third-order valence-electron chi connectivity index (χ3n) is 2.59. The molecule has 0 saturated carbocycles. The molecule has 3 nitrogen and oxygen atoms in total. The number of para-hydroxylation sites is 1. The van der Waals surface area contributed by atoms with Crippen LogP contribution in [0, 0.1) is 0 Å². The number of rotatable bonds is 1. The second-order valence-corrected chi connectivity index (χ2v) is 4.05. The lowest BCUT2D eigenvalue weighted by atomic mass is 10.1. The largest absolute Gasteiger partial charge is 0.508 e. The molecule has 90 valence electrons. The van der Waals surface area contributed by atoms with Gasteiger partial charge in [-0.05, 0) is 38.9 Å². The quantitative estimate of drug-likeness (QED) is 0.684. The Hall–Kier alpha value is -1.06. The minimum atomic E-state index is -0.596. The zero-order chi connectivity index (χ0) is 11.8. The fraction of sp³-hybridized carbons (Fsp3) is 0.538. The Morgan fingerprint density at radius 2 is 1.75 bits per heavy atom. The van der Waals surface area contributed by atoms with E-state index in [4.69, 9.17) is 10.2 Å². The number of piperidine rings is 1. The van der Waals surface area contributed by atoms with Crippen molar-refractivity contribution in [1.29, 1.82) is 0 Å². The summed E-state index contributed by atoms with van der Waals surface area (Å²) in [6.07, 6.45) is 3.62. The standard InChI is InChI=1S/C8H10O2.C5H11N/c1-6(9)7-4-2-3-5-8(7)10;1-2-4-6-5-3-1/h2-6,9-10H,1H3;6H,1-5H2. The third-order valence-corrected chi connectivity index (χ3v) is 2.59. The molecule has 1 saturated heterocycles. The zero-order valence-corrected chi connectivity index (χ0v) is 9.82. The van der Waals surface area contributed by atoms with E-state index in [1.165, 1.54) is 32.4 Å². The van der Waals surface area contributed by atoms with Crippen LogP contribution < -0.4 is 5.32 Å². The number of benzene rings is 1. The van der Waals surface area contributed by atoms with Gasteiger partial charge >= 0.3 is 0 Å². The van der Waals surface area contributed by atoms with Crippen LogP contribution in [0.15, 0.2) is 24.3 Å². The van der Waals surface area contributed by atoms with Gasteiger partial charge in [-0.1, -0.05) is 24.6 Å². The van der Waals surface area contributed by atoms with Gasteiger partial charge in [0, 0.05) is 5.56 Å². The van der Waals surface area contributed by atoms with Crippen LogP contribution in [-0.2, 0) is 0 Å². The van der Waals surface area contributed by atoms with E-state index in [9.17, 15) is 0 Å². The van der Waals surface area contributed by atoms with Crippen molar-refractivity contribution in [1.82, 2.24) is 5.32 Å². The van der Waals surface area contributed by atoms with Crippen molar-refractivity contribution >= 4 is 0 Å². The number of aliphatic hydroxyl groups is 1. The summed E-state index contributed by atoms with van der Waals surface area (Å²) in [5, 5.41) is 21.5. The van der Waals surface area contributed by atoms with Gasteiger partial charge in [0.15, 0.2) is 0 Å². The van der Waals surface area contributed by atoms with Crippen LogP contribution in [0.25, 0.3) is 0 Å². The second kappa shape index (κ2) is 7.25. The Morgan fingerprint density at radius 3 is 2.06 bits per heavy atom. The highest BCUT2D eigenvalue weighted by Crippen LogP contribution is 2.22. The van der Waals surface area contributed by atoms with E-state index in [-0.39, 0.29) is 5.75 Å². The Morgan fingerprint density at radius 1 is 1.12 bits per heavy atom. The number of phenols is 1. The molecule has 1 heterocycles. The first-order chi connectivity index (χ1) is 7.72. The highest BCUT2D eigenvalue weighted by Gasteiger charge is 2.03. The van der Waals surface area contributed by atoms with Crippen LogP contribution in [0.3, 0.4) is 0 Å². The minimum Gasteiger partial charge on any atom is -0.508 e. The molecule has 1 aromatic rings. The molecule has 3 N–H and O–H groups in total. The predicted octanol–water partition coefficient (Wildman–Crippen LogP) is 2.21. The summed E-state index contributed by atoms with van der Waals surface area (Å²) >= 11 is 0. The van der Waals surface area contributed by atoms with Gasteiger partial charge in [0.1, 0.15) is 5.75 Å². The van der Waals surface area contributed by atoms with Crippen molar-refractivity contribution in [2.75, 3.05) is 13.1 Å². The monoisotopic (exact) mass is 223 g/mol. The Bertz CT molecular complexity index is 284. The van der Waals surface area contributed by atoms with Gasteiger partial charge in [0.25, 0.3) is 0 Å². The lowest BCUT2D eigenvalue weighted by Crippen LogP contribution is -2.21. The maximum atomic E-state index is 9.12. The molecule has 2 rings (SSSR count). The lowest BCUT2D eigenvalue weighted by molar-refractivity contribution is 0.195. The van der Waals surface area contributed by atoms with Crippen LogP contribution in [-0.4, -0.2) is 23.3 Å². The van der Waals surface area contributed by atoms with E-state index in [2.05, 4.69) is 5.32 Å². The van der Waals surface area contributed by atoms with Crippen LogP contribution in [0.4, 0.5) is 0 Å². The van der Waals surface area contributed by atoms with Crippen molar-refractivity contribution in [3.63, 3.8) is 0 Å². The Kier molecular flexibility index (Phi) is 5.90. The van der Waals surface area contributed by atoms with Crippen LogP contribution >= 0.6 is 0 Å². The molecule has 1 aliphatic heterocycles. The van der Waals surface area contributed by atoms with E-state index in [0.717, 1.165) is 0 Å². The summed E-state index contributed by atoms with van der Waals surface area (Å²) in [6.45, 7) is 4.12. The Labute approximate surface area is 97.1 Å². The molecule has 1 aromatic carbocycles. The fourth-order valence-corrected chi connectivity index (χ4v) is 1.64. The molecule has 0 aromatic heterocycles. The maximum absolute atomic E-state index is 9.12. The van der Waals surface area contributed by atoms with E-state index in [0.29, 0.717) is 5.56 Å². The number of aliphatic hydroxyl groups excluding tert-OH is 1. The molecule has 0 spiro atoms. The topological polar surface area (TPSA) is 52.5 Å². The number of aromatic hydroxyl groups is 1. The minimum absolute atomic E-state index is 0.150. The summed E-state index contributed by atoms with van der Waals surface area (Å²) < 4.78 is 0. The highest BCUT2D eigenvalue weighted by atomic mass is 16.3. The molecule has 0 aliphatic carbocycles. The van der Waals surface area contributed by atoms with Gasteiger partial charge < -0.3 is 15.5 Å². The number of nitrogens with one attached hydrogen (secondary N) is 1. The molecule has 1 aliphatic rings. The van der Waals surface area contributed by atoms with Gasteiger partial charge in [-0.15, -0.1) is 0 Å². The highest BCUT2D eigenvalue weighted by molar-refractivity contribution is 5.32. The smallest absolute Gasteiger partial charge is 0.121 e. The molecule has 16 heavy (non-hydrogen) atoms. The van der Waals surface area contributed by atoms with E-state index >= 15 is 0 Å². The van der Waals surface area contributed by atoms with Crippen molar-refractivity contribution in [3.05, 3.63) is 29.8 Å². The normalized spacial score (nSPS) is 17.1. The molecule has 1 atom stereocenters. The van der Waals surface area contributed by atoms with Gasteiger partial charge in [-0.3, -0.25) is 0 Å². The SMILES string of the molecule is C1CCNCC1.CC(O)c1ccccc1O. The number of hydrogen-bond donors (Lipinski definition) is 3. The zero-order valence-electron chi connectivity index (χ0n) is 9.82. The first kappa shape index (κ1) is 13.0. The molecule has 1 fully saturated rings. The van der Waals surface area contributed by atoms with Gasteiger partial charge in [0.05, 0.1) is 6.10 Å². The molecule has 0 amide bonds. The summed E-state index contributed by atoms with van der Waals surface area (Å²) in [5.41, 5.74) is 0.572. The van der Waals surface area contributed by atoms with E-state index in [1.807, 2.05) is 0 Å². The summed E-state index contributed by atoms with van der Waals surface area (Å²) in [4.78, 5) is 0. The summed E-state index contributed by atoms with van der Waals surface area (Å²) in [7, 11) is 0. The first-order valence-corrected chi connectivity index (χ1v) is 5.88. The predicted molar refractivity (Wildman–Crippen MR) is 65.5 cm³/mol. The molecular weight excluding hydrogens is 202 g/mol. The van der Waals surface area contributed by atoms with Gasteiger partial charge in [-0.2, -0.15) is 0 Å². The van der Waals surface area contributed by atoms with E-state index < -0.39 is 6.10 Å². The second-order valence-electron chi connectivity index (χ2n) is 4.05. The van der Waals surface area contributed by atoms with Crippen molar-refractivity contribution < 1.29 is 10.2 Å². The third kappa shape index (κ3) is 4.64. The average Bonchev–Trinajstić information content (AvgIpc) is 2.32. The van der Waals surface area contributed by atoms with Crippen LogP contribution in [0.5, 0.6) is 5.75 Å². The van der Waals surface area contributed by atoms with E-state index in [1.54, 1.807) is 31.2 Å². The van der Waals surface area contributed by atoms with Gasteiger partial charge in [0.2, 0.25) is 0 Å². The van der Waals surface area contributed by atoms with Gasteiger partial charge in [-0.25, -0.2) is 0 Å². The number of hydrogen-bond acceptors (Lipinski definition) is 3. The Balaban J connectivity index is 0.000000181. The van der Waals surface area contributed by atoms with Crippen molar-refractivity contribution in [3.8, 4) is 5.75 Å². The molecule has 0 bridgehead atoms. The van der Waals surface area contributed by atoms with Crippen molar-refractivity contribution in [2.24, 2.45) is 0 Å². The molecule has 0 radical (unpaired) electrons. The fourth-order valence-electron chi connectivity index (χ4n) is 1.64. The van der Waals surface area contributed by atoms with Crippen molar-refractivity contribution in [2.45, 2.75) is 32.3 Å². The number of phenolic OH excluding ortho intramolecular Hbond substituents is 1. The van der Waals surface area contributed by atoms with Crippen LogP contribution in [0.1, 0.15) is 37.9 Å². The summed E-state index contributed by atoms with van der Waals surface area (Å²) in [5.74, 6) is 0.150.